The average Bonchev–Trinajstić information content (AvgIpc) is 2.71. The molecule has 0 aliphatic carbocycles. The lowest BCUT2D eigenvalue weighted by atomic mass is 9.75. The Morgan fingerprint density at radius 3 is 2.57 bits per heavy atom. The molecule has 8 nitrogen and oxygen atoms in total. The van der Waals surface area contributed by atoms with Crippen molar-refractivity contribution in [2.24, 2.45) is 0 Å². The molecule has 0 aromatic carbocycles. The molecule has 30 heavy (non-hydrogen) atoms. The van der Waals surface area contributed by atoms with Gasteiger partial charge in [0.15, 0.2) is 0 Å². The molecule has 2 saturated heterocycles. The van der Waals surface area contributed by atoms with Crippen LogP contribution >= 0.6 is 0 Å². The number of piperidine rings is 1. The molecule has 2 aliphatic rings. The van der Waals surface area contributed by atoms with Crippen molar-refractivity contribution in [3.63, 3.8) is 0 Å². The van der Waals surface area contributed by atoms with Gasteiger partial charge in [0.1, 0.15) is 0 Å². The number of ether oxygens (including phenoxy) is 1. The SMILES string of the molecule is Cc1ccc(C(=O)N[C@H]2COC3(CCN(c4ncccn4)CC3)C[C@]2(C)O)c(C)n1. The summed E-state index contributed by atoms with van der Waals surface area (Å²) in [6, 6.07) is 4.91. The Morgan fingerprint density at radius 1 is 1.23 bits per heavy atom. The number of hydrogen-bond acceptors (Lipinski definition) is 7. The van der Waals surface area contributed by atoms with E-state index in [1.165, 1.54) is 0 Å². The van der Waals surface area contributed by atoms with E-state index in [2.05, 4.69) is 25.2 Å². The van der Waals surface area contributed by atoms with Crippen LogP contribution in [-0.2, 0) is 4.74 Å². The van der Waals surface area contributed by atoms with Crippen molar-refractivity contribution in [2.75, 3.05) is 24.6 Å². The molecule has 0 unspecified atom stereocenters. The first kappa shape index (κ1) is 20.7. The summed E-state index contributed by atoms with van der Waals surface area (Å²) in [6.07, 6.45) is 5.52. The van der Waals surface area contributed by atoms with Gasteiger partial charge in [0, 0.05) is 37.6 Å². The maximum Gasteiger partial charge on any atom is 0.253 e. The van der Waals surface area contributed by atoms with Gasteiger partial charge < -0.3 is 20.1 Å². The van der Waals surface area contributed by atoms with Crippen LogP contribution < -0.4 is 10.2 Å². The number of aryl methyl sites for hydroxylation is 2. The first-order valence-corrected chi connectivity index (χ1v) is 10.4. The zero-order valence-electron chi connectivity index (χ0n) is 17.8. The third-order valence-electron chi connectivity index (χ3n) is 6.27. The number of anilines is 1. The Morgan fingerprint density at radius 2 is 1.93 bits per heavy atom. The molecule has 160 valence electrons. The summed E-state index contributed by atoms with van der Waals surface area (Å²) in [6.45, 7) is 7.31. The second-order valence-electron chi connectivity index (χ2n) is 8.68. The fourth-order valence-electron chi connectivity index (χ4n) is 4.52. The van der Waals surface area contributed by atoms with Gasteiger partial charge in [0.25, 0.3) is 5.91 Å². The lowest BCUT2D eigenvalue weighted by molar-refractivity contribution is -0.176. The molecule has 2 aromatic rings. The highest BCUT2D eigenvalue weighted by Gasteiger charge is 2.49. The predicted molar refractivity (Wildman–Crippen MR) is 112 cm³/mol. The van der Waals surface area contributed by atoms with Gasteiger partial charge in [-0.2, -0.15) is 0 Å². The minimum Gasteiger partial charge on any atom is -0.388 e. The van der Waals surface area contributed by atoms with Crippen LogP contribution in [0.3, 0.4) is 0 Å². The van der Waals surface area contributed by atoms with E-state index in [0.29, 0.717) is 17.7 Å². The van der Waals surface area contributed by atoms with Crippen molar-refractivity contribution in [1.29, 1.82) is 0 Å². The molecule has 4 rings (SSSR count). The molecule has 1 amide bonds. The number of nitrogens with zero attached hydrogens (tertiary/aromatic N) is 4. The maximum atomic E-state index is 12.8. The Balaban J connectivity index is 1.39. The zero-order valence-corrected chi connectivity index (χ0v) is 17.8. The van der Waals surface area contributed by atoms with E-state index in [1.807, 2.05) is 19.9 Å². The van der Waals surface area contributed by atoms with Crippen molar-refractivity contribution in [2.45, 2.75) is 57.3 Å². The molecular weight excluding hydrogens is 382 g/mol. The standard InChI is InChI=1S/C22H29N5O3/c1-15-5-6-17(16(2)25-15)19(28)26-18-13-30-22(14-21(18,3)29)7-11-27(12-8-22)20-23-9-4-10-24-20/h4-6,9-10,18,29H,7-8,11-14H2,1-3H3,(H,26,28)/t18-,21-/m0/s1. The van der Waals surface area contributed by atoms with Crippen molar-refractivity contribution in [1.82, 2.24) is 20.3 Å². The van der Waals surface area contributed by atoms with Gasteiger partial charge >= 0.3 is 0 Å². The van der Waals surface area contributed by atoms with Crippen molar-refractivity contribution in [3.05, 3.63) is 47.5 Å². The summed E-state index contributed by atoms with van der Waals surface area (Å²) in [5.74, 6) is 0.489. The zero-order chi connectivity index (χ0) is 21.4. The van der Waals surface area contributed by atoms with E-state index in [4.69, 9.17) is 4.74 Å². The summed E-state index contributed by atoms with van der Waals surface area (Å²) in [7, 11) is 0. The molecule has 0 bridgehead atoms. The minimum absolute atomic E-state index is 0.235. The number of aromatic nitrogens is 3. The fraction of sp³-hybridized carbons (Fsp3) is 0.545. The van der Waals surface area contributed by atoms with E-state index in [1.54, 1.807) is 31.5 Å². The molecule has 2 aliphatic heterocycles. The molecule has 2 fully saturated rings. The average molecular weight is 412 g/mol. The van der Waals surface area contributed by atoms with Gasteiger partial charge in [-0.05, 0) is 51.8 Å². The van der Waals surface area contributed by atoms with Crippen LogP contribution in [0, 0.1) is 13.8 Å². The highest BCUT2D eigenvalue weighted by Crippen LogP contribution is 2.40. The molecule has 4 heterocycles. The fourth-order valence-corrected chi connectivity index (χ4v) is 4.52. The molecule has 0 saturated carbocycles. The van der Waals surface area contributed by atoms with E-state index in [9.17, 15) is 9.90 Å². The highest BCUT2D eigenvalue weighted by molar-refractivity contribution is 5.95. The van der Waals surface area contributed by atoms with Crippen LogP contribution in [-0.4, -0.2) is 62.9 Å². The molecule has 2 N–H and O–H groups in total. The number of amides is 1. The second-order valence-corrected chi connectivity index (χ2v) is 8.68. The Bertz CT molecular complexity index is 910. The topological polar surface area (TPSA) is 100 Å². The molecule has 0 radical (unpaired) electrons. The maximum absolute atomic E-state index is 12.8. The van der Waals surface area contributed by atoms with Gasteiger partial charge in [0.2, 0.25) is 5.95 Å². The third-order valence-corrected chi connectivity index (χ3v) is 6.27. The quantitative estimate of drug-likeness (QED) is 0.794. The van der Waals surface area contributed by atoms with Crippen molar-refractivity contribution in [3.8, 4) is 0 Å². The Hall–Kier alpha value is -2.58. The number of carbonyl (C=O) groups excluding carboxylic acids is 1. The van der Waals surface area contributed by atoms with Gasteiger partial charge in [-0.25, -0.2) is 9.97 Å². The highest BCUT2D eigenvalue weighted by atomic mass is 16.5. The first-order chi connectivity index (χ1) is 14.3. The molecule has 2 atom stereocenters. The lowest BCUT2D eigenvalue weighted by Gasteiger charge is -2.51. The van der Waals surface area contributed by atoms with E-state index in [0.717, 1.165) is 37.6 Å². The van der Waals surface area contributed by atoms with Crippen LogP contribution in [0.1, 0.15) is 47.9 Å². The van der Waals surface area contributed by atoms with Crippen LogP contribution in [0.4, 0.5) is 5.95 Å². The van der Waals surface area contributed by atoms with Crippen LogP contribution in [0.15, 0.2) is 30.6 Å². The van der Waals surface area contributed by atoms with Crippen molar-refractivity contribution < 1.29 is 14.6 Å². The van der Waals surface area contributed by atoms with Crippen molar-refractivity contribution >= 4 is 11.9 Å². The molecule has 2 aromatic heterocycles. The summed E-state index contributed by atoms with van der Waals surface area (Å²) in [5, 5.41) is 14.2. The smallest absolute Gasteiger partial charge is 0.253 e. The summed E-state index contributed by atoms with van der Waals surface area (Å²) in [4.78, 5) is 27.9. The number of hydrogen-bond donors (Lipinski definition) is 2. The lowest BCUT2D eigenvalue weighted by Crippen LogP contribution is -2.64. The Labute approximate surface area is 176 Å². The largest absolute Gasteiger partial charge is 0.388 e. The number of nitrogens with one attached hydrogen (secondary N) is 1. The van der Waals surface area contributed by atoms with Gasteiger partial charge in [-0.3, -0.25) is 9.78 Å². The number of rotatable bonds is 3. The van der Waals surface area contributed by atoms with E-state index >= 15 is 0 Å². The summed E-state index contributed by atoms with van der Waals surface area (Å²) >= 11 is 0. The number of aliphatic hydroxyl groups is 1. The molecule has 1 spiro atoms. The normalized spacial score (nSPS) is 25.9. The van der Waals surface area contributed by atoms with E-state index in [-0.39, 0.29) is 12.5 Å². The first-order valence-electron chi connectivity index (χ1n) is 10.4. The van der Waals surface area contributed by atoms with Gasteiger partial charge in [-0.15, -0.1) is 0 Å². The van der Waals surface area contributed by atoms with Crippen LogP contribution in [0.5, 0.6) is 0 Å². The number of carbonyl (C=O) groups is 1. The monoisotopic (exact) mass is 411 g/mol. The van der Waals surface area contributed by atoms with E-state index < -0.39 is 17.2 Å². The second kappa shape index (κ2) is 7.92. The van der Waals surface area contributed by atoms with Crippen LogP contribution in [0.2, 0.25) is 0 Å². The van der Waals surface area contributed by atoms with Gasteiger partial charge in [0.05, 0.1) is 35.1 Å². The molecular formula is C22H29N5O3. The summed E-state index contributed by atoms with van der Waals surface area (Å²) < 4.78 is 6.27. The molecule has 8 heteroatoms. The Kier molecular flexibility index (Phi) is 5.46. The minimum atomic E-state index is -1.06. The van der Waals surface area contributed by atoms with Gasteiger partial charge in [-0.1, -0.05) is 0 Å². The summed E-state index contributed by atoms with van der Waals surface area (Å²) in [5.41, 5.74) is 0.609. The number of pyridine rings is 1. The predicted octanol–water partition coefficient (Wildman–Crippen LogP) is 1.80. The van der Waals surface area contributed by atoms with Crippen LogP contribution in [0.25, 0.3) is 0 Å². The third kappa shape index (κ3) is 4.15.